The number of ether oxygens (including phenoxy) is 1. The number of nitrogens with zero attached hydrogens (tertiary/aromatic N) is 1. The minimum absolute atomic E-state index is 0.0854. The Kier molecular flexibility index (Phi) is 2.21. The first kappa shape index (κ1) is 9.89. The van der Waals surface area contributed by atoms with E-state index in [0.717, 1.165) is 25.0 Å². The average molecular weight is 321 g/mol. The van der Waals surface area contributed by atoms with Crippen LogP contribution >= 0.6 is 22.6 Å². The van der Waals surface area contributed by atoms with Crippen molar-refractivity contribution in [2.45, 2.75) is 31.1 Å². The summed E-state index contributed by atoms with van der Waals surface area (Å²) in [4.78, 5) is 13.3. The summed E-state index contributed by atoms with van der Waals surface area (Å²) in [6.45, 7) is 0.776. The lowest BCUT2D eigenvalue weighted by Gasteiger charge is -2.31. The molecule has 1 N–H and O–H groups in total. The molecule has 0 aromatic carbocycles. The predicted octanol–water partition coefficient (Wildman–Crippen LogP) is 1.28. The van der Waals surface area contributed by atoms with Gasteiger partial charge in [0.1, 0.15) is 6.10 Å². The highest BCUT2D eigenvalue weighted by Crippen LogP contribution is 2.46. The molecule has 82 valence electrons. The fraction of sp³-hybridized carbons (Fsp3) is 0.700. The molecule has 3 aliphatic rings. The molecule has 0 aromatic rings. The second-order valence-corrected chi connectivity index (χ2v) is 4.96. The van der Waals surface area contributed by atoms with Gasteiger partial charge in [-0.1, -0.05) is 22.6 Å². The van der Waals surface area contributed by atoms with E-state index >= 15 is 0 Å². The van der Waals surface area contributed by atoms with Crippen molar-refractivity contribution in [2.24, 2.45) is 5.92 Å². The second-order valence-electron chi connectivity index (χ2n) is 4.34. The van der Waals surface area contributed by atoms with Crippen LogP contribution in [0.3, 0.4) is 0 Å². The molecule has 0 unspecified atom stereocenters. The maximum absolute atomic E-state index is 11.5. The molecule has 4 atom stereocenters. The van der Waals surface area contributed by atoms with Gasteiger partial charge in [-0.05, 0) is 22.5 Å². The molecule has 2 saturated heterocycles. The average Bonchev–Trinajstić information content (AvgIpc) is 2.70. The number of piperidine rings is 1. The monoisotopic (exact) mass is 321 g/mol. The first-order chi connectivity index (χ1) is 7.24. The molecule has 0 bridgehead atoms. The molecule has 4 nitrogen and oxygen atoms in total. The summed E-state index contributed by atoms with van der Waals surface area (Å²) in [5.41, 5.74) is 1.04. The molecule has 3 rings (SSSR count). The quantitative estimate of drug-likeness (QED) is 0.684. The summed E-state index contributed by atoms with van der Waals surface area (Å²) in [6, 6.07) is 0.0854. The molecule has 0 radical (unpaired) electrons. The number of aliphatic hydroxyl groups excluding tert-OH is 1. The van der Waals surface area contributed by atoms with E-state index in [1.807, 2.05) is 4.08 Å². The topological polar surface area (TPSA) is 49.8 Å². The van der Waals surface area contributed by atoms with Gasteiger partial charge in [-0.25, -0.2) is 4.79 Å². The van der Waals surface area contributed by atoms with Crippen LogP contribution in [0.15, 0.2) is 9.66 Å². The van der Waals surface area contributed by atoms with E-state index in [2.05, 4.69) is 22.6 Å². The third kappa shape index (κ3) is 1.19. The third-order valence-corrected chi connectivity index (χ3v) is 4.42. The van der Waals surface area contributed by atoms with Crippen molar-refractivity contribution in [2.75, 3.05) is 6.54 Å². The van der Waals surface area contributed by atoms with Crippen molar-refractivity contribution in [3.63, 3.8) is 0 Å². The molecule has 0 aromatic heterocycles. The van der Waals surface area contributed by atoms with Gasteiger partial charge in [-0.15, -0.1) is 0 Å². The van der Waals surface area contributed by atoms with Gasteiger partial charge in [0.2, 0.25) is 0 Å². The van der Waals surface area contributed by atoms with Gasteiger partial charge in [0.05, 0.1) is 6.04 Å². The number of hydrogen-bond acceptors (Lipinski definition) is 3. The van der Waals surface area contributed by atoms with Gasteiger partial charge in [-0.2, -0.15) is 0 Å². The van der Waals surface area contributed by atoms with Gasteiger partial charge in [0.15, 0.2) is 6.10 Å². The number of hydrogen-bond donors (Lipinski definition) is 1. The minimum Gasteiger partial charge on any atom is -0.441 e. The molecule has 5 heteroatoms. The Labute approximate surface area is 101 Å². The van der Waals surface area contributed by atoms with E-state index in [1.165, 1.54) is 0 Å². The Morgan fingerprint density at radius 1 is 1.60 bits per heavy atom. The fourth-order valence-corrected chi connectivity index (χ4v) is 3.89. The van der Waals surface area contributed by atoms with Crippen molar-refractivity contribution in [3.8, 4) is 0 Å². The largest absolute Gasteiger partial charge is 0.441 e. The summed E-state index contributed by atoms with van der Waals surface area (Å²) in [5, 5.41) is 10.0. The zero-order chi connectivity index (χ0) is 10.6. The molecule has 2 heterocycles. The van der Waals surface area contributed by atoms with Gasteiger partial charge in [0.25, 0.3) is 0 Å². The van der Waals surface area contributed by atoms with Crippen LogP contribution in [0.4, 0.5) is 4.79 Å². The summed E-state index contributed by atoms with van der Waals surface area (Å²) in [5.74, 6) is 0.307. The number of halogens is 1. The molecule has 1 aliphatic carbocycles. The van der Waals surface area contributed by atoms with Crippen LogP contribution in [0, 0.1) is 5.92 Å². The number of aliphatic hydroxyl groups is 1. The van der Waals surface area contributed by atoms with Crippen LogP contribution in [0.1, 0.15) is 12.8 Å². The number of carbonyl (C=O) groups is 1. The molecular weight excluding hydrogens is 309 g/mol. The highest BCUT2D eigenvalue weighted by Gasteiger charge is 2.57. The zero-order valence-electron chi connectivity index (χ0n) is 8.10. The number of carbonyl (C=O) groups excluding carboxylic acids is 1. The smallest absolute Gasteiger partial charge is 0.410 e. The predicted molar refractivity (Wildman–Crippen MR) is 61.6 cm³/mol. The maximum Gasteiger partial charge on any atom is 0.410 e. The van der Waals surface area contributed by atoms with Crippen molar-refractivity contribution in [1.82, 2.24) is 4.90 Å². The van der Waals surface area contributed by atoms with Gasteiger partial charge >= 0.3 is 6.09 Å². The van der Waals surface area contributed by atoms with Crippen LogP contribution in [0.5, 0.6) is 0 Å². The summed E-state index contributed by atoms with van der Waals surface area (Å²) in [7, 11) is 0. The maximum atomic E-state index is 11.5. The van der Waals surface area contributed by atoms with Crippen molar-refractivity contribution in [3.05, 3.63) is 9.66 Å². The zero-order valence-corrected chi connectivity index (χ0v) is 10.3. The lowest BCUT2D eigenvalue weighted by atomic mass is 9.90. The van der Waals surface area contributed by atoms with Gasteiger partial charge in [-0.3, -0.25) is 0 Å². The fourth-order valence-electron chi connectivity index (χ4n) is 3.06. The number of amides is 1. The third-order valence-electron chi connectivity index (χ3n) is 3.70. The minimum atomic E-state index is -0.594. The molecule has 0 spiro atoms. The Hall–Kier alpha value is -0.300. The highest BCUT2D eigenvalue weighted by atomic mass is 127. The lowest BCUT2D eigenvalue weighted by Crippen LogP contribution is -2.43. The first-order valence-electron chi connectivity index (χ1n) is 5.19. The van der Waals surface area contributed by atoms with Crippen LogP contribution in [0.25, 0.3) is 0 Å². The van der Waals surface area contributed by atoms with E-state index in [0.29, 0.717) is 5.92 Å². The Morgan fingerprint density at radius 2 is 2.40 bits per heavy atom. The van der Waals surface area contributed by atoms with Crippen LogP contribution in [-0.2, 0) is 4.74 Å². The Morgan fingerprint density at radius 3 is 3.13 bits per heavy atom. The van der Waals surface area contributed by atoms with Crippen LogP contribution in [-0.4, -0.2) is 40.9 Å². The standard InChI is InChI=1S/C10H12INO3/c11-4-6-5-2-1-3-12-7(5)9(8(6)13)15-10(12)14/h4-5,7-9,13H,1-3H2/b6-4-/t5-,7-,8+,9-/m0/s1. The van der Waals surface area contributed by atoms with Crippen molar-refractivity contribution >= 4 is 28.7 Å². The Bertz CT molecular complexity index is 344. The van der Waals surface area contributed by atoms with Crippen molar-refractivity contribution in [1.29, 1.82) is 0 Å². The van der Waals surface area contributed by atoms with Crippen LogP contribution in [0.2, 0.25) is 0 Å². The highest BCUT2D eigenvalue weighted by molar-refractivity contribution is 14.1. The molecule has 1 saturated carbocycles. The summed E-state index contributed by atoms with van der Waals surface area (Å²) >= 11 is 2.16. The van der Waals surface area contributed by atoms with E-state index in [1.54, 1.807) is 4.90 Å². The van der Waals surface area contributed by atoms with E-state index in [4.69, 9.17) is 4.74 Å². The van der Waals surface area contributed by atoms with Crippen molar-refractivity contribution < 1.29 is 14.6 Å². The summed E-state index contributed by atoms with van der Waals surface area (Å²) in [6.07, 6.45) is 0.887. The summed E-state index contributed by atoms with van der Waals surface area (Å²) < 4.78 is 7.18. The van der Waals surface area contributed by atoms with Gasteiger partial charge < -0.3 is 14.7 Å². The van der Waals surface area contributed by atoms with E-state index in [9.17, 15) is 9.90 Å². The van der Waals surface area contributed by atoms with E-state index in [-0.39, 0.29) is 18.2 Å². The lowest BCUT2D eigenvalue weighted by molar-refractivity contribution is 0.0575. The molecule has 1 amide bonds. The molecule has 2 aliphatic heterocycles. The number of rotatable bonds is 0. The molecule has 15 heavy (non-hydrogen) atoms. The SMILES string of the molecule is O=C1O[C@H]2[C@@H]3[C@@H](CCCN13)/C(=C/I)[C@H]2O. The van der Waals surface area contributed by atoms with E-state index < -0.39 is 6.10 Å². The molecular formula is C10H12INO3. The second kappa shape index (κ2) is 3.35. The van der Waals surface area contributed by atoms with Gasteiger partial charge in [0, 0.05) is 12.5 Å². The Balaban J connectivity index is 2.01. The molecule has 3 fully saturated rings. The normalized spacial score (nSPS) is 45.9. The van der Waals surface area contributed by atoms with Crippen LogP contribution < -0.4 is 0 Å². The first-order valence-corrected chi connectivity index (χ1v) is 6.44.